The van der Waals surface area contributed by atoms with Gasteiger partial charge in [-0.25, -0.2) is 0 Å². The minimum atomic E-state index is -0.277. The molecule has 0 saturated heterocycles. The van der Waals surface area contributed by atoms with E-state index in [0.29, 0.717) is 25.5 Å². The Morgan fingerprint density at radius 2 is 1.82 bits per heavy atom. The minimum Gasteiger partial charge on any atom is -0.356 e. The normalized spacial score (nSPS) is 11.3. The molecule has 0 radical (unpaired) electrons. The number of guanidine groups is 1. The van der Waals surface area contributed by atoms with Crippen molar-refractivity contribution < 1.29 is 9.59 Å². The van der Waals surface area contributed by atoms with Gasteiger partial charge in [0, 0.05) is 43.6 Å². The largest absolute Gasteiger partial charge is 0.356 e. The molecule has 158 valence electrons. The number of carbonyl (C=O) groups is 2. The molecule has 7 nitrogen and oxygen atoms in total. The number of amides is 2. The fourth-order valence-corrected chi connectivity index (χ4v) is 2.71. The van der Waals surface area contributed by atoms with E-state index in [0.717, 1.165) is 10.0 Å². The van der Waals surface area contributed by atoms with Crippen LogP contribution in [0.2, 0.25) is 0 Å². The van der Waals surface area contributed by atoms with Crippen LogP contribution in [-0.4, -0.2) is 55.4 Å². The first kappa shape index (κ1) is 26.6. The van der Waals surface area contributed by atoms with Crippen molar-refractivity contribution in [2.45, 2.75) is 39.3 Å². The highest BCUT2D eigenvalue weighted by Gasteiger charge is 2.14. The number of aliphatic imine (C=N–C) groups is 1. The Morgan fingerprint density at radius 1 is 1.18 bits per heavy atom. The van der Waals surface area contributed by atoms with Crippen molar-refractivity contribution >= 4 is 57.7 Å². The van der Waals surface area contributed by atoms with E-state index in [1.165, 1.54) is 0 Å². The van der Waals surface area contributed by atoms with Gasteiger partial charge in [0.05, 0.1) is 6.54 Å². The maximum atomic E-state index is 12.3. The number of benzene rings is 1. The van der Waals surface area contributed by atoms with Crippen molar-refractivity contribution in [3.8, 4) is 0 Å². The molecule has 28 heavy (non-hydrogen) atoms. The average Bonchev–Trinajstić information content (AvgIpc) is 2.58. The first-order valence-corrected chi connectivity index (χ1v) is 9.64. The van der Waals surface area contributed by atoms with Gasteiger partial charge in [-0.05, 0) is 32.4 Å². The zero-order chi connectivity index (χ0) is 20.4. The van der Waals surface area contributed by atoms with Crippen LogP contribution in [0.1, 0.15) is 32.8 Å². The third-order valence-corrected chi connectivity index (χ3v) is 4.35. The minimum absolute atomic E-state index is 0. The lowest BCUT2D eigenvalue weighted by atomic mass is 10.1. The highest BCUT2D eigenvalue weighted by atomic mass is 127. The molecule has 1 rings (SSSR count). The van der Waals surface area contributed by atoms with Crippen molar-refractivity contribution in [3.05, 3.63) is 34.3 Å². The first-order valence-electron chi connectivity index (χ1n) is 8.85. The van der Waals surface area contributed by atoms with Gasteiger partial charge in [-0.3, -0.25) is 14.6 Å². The lowest BCUT2D eigenvalue weighted by Crippen LogP contribution is -2.48. The number of hydrogen-bond acceptors (Lipinski definition) is 3. The van der Waals surface area contributed by atoms with Crippen LogP contribution in [-0.2, 0) is 16.1 Å². The van der Waals surface area contributed by atoms with Crippen LogP contribution in [0.3, 0.4) is 0 Å². The van der Waals surface area contributed by atoms with Crippen LogP contribution < -0.4 is 16.0 Å². The molecule has 3 N–H and O–H groups in total. The third kappa shape index (κ3) is 10.8. The zero-order valence-electron chi connectivity index (χ0n) is 17.1. The monoisotopic (exact) mass is 567 g/mol. The molecule has 0 saturated carbocycles. The van der Waals surface area contributed by atoms with E-state index < -0.39 is 0 Å². The maximum absolute atomic E-state index is 12.3. The molecule has 0 spiro atoms. The third-order valence-electron chi connectivity index (χ3n) is 3.58. The lowest BCUT2D eigenvalue weighted by Gasteiger charge is -2.21. The number of hydrogen-bond donors (Lipinski definition) is 3. The Bertz CT molecular complexity index is 677. The van der Waals surface area contributed by atoms with Crippen LogP contribution in [0.5, 0.6) is 0 Å². The molecule has 0 aliphatic rings. The average molecular weight is 568 g/mol. The second kappa shape index (κ2) is 13.0. The molecule has 0 bridgehead atoms. The molecule has 0 aliphatic heterocycles. The van der Waals surface area contributed by atoms with Gasteiger partial charge in [0.2, 0.25) is 11.8 Å². The van der Waals surface area contributed by atoms with Crippen LogP contribution in [0.25, 0.3) is 0 Å². The molecule has 0 atom stereocenters. The van der Waals surface area contributed by atoms with Crippen molar-refractivity contribution in [1.29, 1.82) is 0 Å². The fraction of sp³-hybridized carbons (Fsp3) is 0.526. The van der Waals surface area contributed by atoms with E-state index in [2.05, 4.69) is 36.9 Å². The summed E-state index contributed by atoms with van der Waals surface area (Å²) in [5.74, 6) is 0.397. The molecule has 0 heterocycles. The maximum Gasteiger partial charge on any atom is 0.239 e. The van der Waals surface area contributed by atoms with E-state index in [1.807, 2.05) is 45.0 Å². The topological polar surface area (TPSA) is 85.8 Å². The molecule has 0 aliphatic carbocycles. The summed E-state index contributed by atoms with van der Waals surface area (Å²) in [7, 11) is 3.41. The summed E-state index contributed by atoms with van der Waals surface area (Å²) in [5, 5.41) is 8.86. The van der Waals surface area contributed by atoms with Crippen molar-refractivity contribution in [2.24, 2.45) is 4.99 Å². The molecule has 9 heteroatoms. The summed E-state index contributed by atoms with van der Waals surface area (Å²) in [5.41, 5.74) is 0.782. The first-order chi connectivity index (χ1) is 12.6. The molecule has 0 unspecified atom stereocenters. The fourth-order valence-electron chi connectivity index (χ4n) is 2.30. The molecular weight excluding hydrogens is 537 g/mol. The van der Waals surface area contributed by atoms with E-state index in [1.54, 1.807) is 19.0 Å². The number of nitrogens with zero attached hydrogens (tertiary/aromatic N) is 2. The van der Waals surface area contributed by atoms with Gasteiger partial charge >= 0.3 is 0 Å². The van der Waals surface area contributed by atoms with E-state index in [4.69, 9.17) is 0 Å². The summed E-state index contributed by atoms with van der Waals surface area (Å²) in [6.45, 7) is 6.86. The van der Waals surface area contributed by atoms with E-state index in [9.17, 15) is 9.59 Å². The molecule has 0 aromatic heterocycles. The molecule has 1 aromatic rings. The van der Waals surface area contributed by atoms with Crippen molar-refractivity contribution in [2.75, 3.05) is 27.2 Å². The number of nitrogens with one attached hydrogen (secondary N) is 3. The predicted molar refractivity (Wildman–Crippen MR) is 128 cm³/mol. The van der Waals surface area contributed by atoms with Gasteiger partial charge in [0.1, 0.15) is 0 Å². The molecule has 0 fully saturated rings. The van der Waals surface area contributed by atoms with Crippen LogP contribution >= 0.6 is 39.9 Å². The van der Waals surface area contributed by atoms with Crippen molar-refractivity contribution in [1.82, 2.24) is 20.9 Å². The SMILES string of the molecule is CN=C(NCCC(=O)N(C)Cc1ccccc1Br)NCC(=O)NC(C)(C)C.I. The highest BCUT2D eigenvalue weighted by molar-refractivity contribution is 14.0. The summed E-state index contributed by atoms with van der Waals surface area (Å²) in [6.07, 6.45) is 0.329. The second-order valence-corrected chi connectivity index (χ2v) is 8.10. The smallest absolute Gasteiger partial charge is 0.239 e. The van der Waals surface area contributed by atoms with Crippen LogP contribution in [0.15, 0.2) is 33.7 Å². The van der Waals surface area contributed by atoms with Gasteiger partial charge in [-0.1, -0.05) is 34.1 Å². The summed E-state index contributed by atoms with van der Waals surface area (Å²) in [6, 6.07) is 7.84. The Kier molecular flexibility index (Phi) is 12.3. The molecule has 1 aromatic carbocycles. The standard InChI is InChI=1S/C19H30BrN5O2.HI/c1-19(2,3)24-16(26)12-23-18(21-4)22-11-10-17(27)25(5)13-14-8-6-7-9-15(14)20;/h6-9H,10-13H2,1-5H3,(H,24,26)(H2,21,22,23);1H. The van der Waals surface area contributed by atoms with Gasteiger partial charge in [-0.2, -0.15) is 0 Å². The Labute approximate surface area is 193 Å². The Hall–Kier alpha value is -1.36. The number of halogens is 2. The van der Waals surface area contributed by atoms with Crippen molar-refractivity contribution in [3.63, 3.8) is 0 Å². The molecule has 2 amide bonds. The Balaban J connectivity index is 0.00000729. The van der Waals surface area contributed by atoms with E-state index in [-0.39, 0.29) is 47.9 Å². The van der Waals surface area contributed by atoms with Gasteiger partial charge < -0.3 is 20.9 Å². The van der Waals surface area contributed by atoms with Crippen LogP contribution in [0, 0.1) is 0 Å². The molecular formula is C19H31BrIN5O2. The van der Waals surface area contributed by atoms with Crippen LogP contribution in [0.4, 0.5) is 0 Å². The van der Waals surface area contributed by atoms with E-state index >= 15 is 0 Å². The van der Waals surface area contributed by atoms with Gasteiger partial charge in [0.25, 0.3) is 0 Å². The van der Waals surface area contributed by atoms with Gasteiger partial charge in [0.15, 0.2) is 5.96 Å². The summed E-state index contributed by atoms with van der Waals surface area (Å²) in [4.78, 5) is 29.9. The highest BCUT2D eigenvalue weighted by Crippen LogP contribution is 2.17. The quantitative estimate of drug-likeness (QED) is 0.268. The summed E-state index contributed by atoms with van der Waals surface area (Å²) >= 11 is 3.49. The number of rotatable bonds is 7. The van der Waals surface area contributed by atoms with Gasteiger partial charge in [-0.15, -0.1) is 24.0 Å². The lowest BCUT2D eigenvalue weighted by molar-refractivity contribution is -0.130. The summed E-state index contributed by atoms with van der Waals surface area (Å²) < 4.78 is 0.987. The zero-order valence-corrected chi connectivity index (χ0v) is 21.1. The Morgan fingerprint density at radius 3 is 2.39 bits per heavy atom. The number of carbonyl (C=O) groups excluding carboxylic acids is 2. The second-order valence-electron chi connectivity index (χ2n) is 7.24. The predicted octanol–water partition coefficient (Wildman–Crippen LogP) is 2.50.